The van der Waals surface area contributed by atoms with E-state index in [1.807, 2.05) is 147 Å². The molecule has 9 heterocycles. The molecule has 0 amide bonds. The van der Waals surface area contributed by atoms with Gasteiger partial charge in [0.15, 0.2) is 0 Å². The summed E-state index contributed by atoms with van der Waals surface area (Å²) in [4.78, 5) is 18.7. The Morgan fingerprint density at radius 2 is 0.469 bits per heavy atom. The van der Waals surface area contributed by atoms with E-state index in [1.54, 1.807) is 21.8 Å². The average molecular weight is 2210 g/mol. The van der Waals surface area contributed by atoms with Crippen molar-refractivity contribution in [1.82, 2.24) is 71.5 Å². The van der Waals surface area contributed by atoms with Crippen LogP contribution in [0, 0.1) is 119 Å². The number of nitrogens with zero attached hydrogens (tertiary/aromatic N) is 15. The van der Waals surface area contributed by atoms with Crippen LogP contribution in [0.15, 0.2) is 408 Å². The zero-order valence-electron chi connectivity index (χ0n) is 81.6. The van der Waals surface area contributed by atoms with Gasteiger partial charge in [0.05, 0.1) is 23.3 Å². The number of hydrogen-bond donors (Lipinski definition) is 0. The summed E-state index contributed by atoms with van der Waals surface area (Å²) in [7, 11) is 0. The van der Waals surface area contributed by atoms with Crippen LogP contribution in [-0.2, 0) is 40.2 Å². The van der Waals surface area contributed by atoms with E-state index in [9.17, 15) is 0 Å². The topological polar surface area (TPSA) is 122 Å². The van der Waals surface area contributed by atoms with Crippen LogP contribution < -0.4 is 0 Å². The molecule has 0 fully saturated rings. The van der Waals surface area contributed by atoms with Crippen molar-refractivity contribution in [3.8, 4) is 96.7 Å². The molecule has 0 unspecified atom stereocenters. The van der Waals surface area contributed by atoms with Gasteiger partial charge in [0.25, 0.3) is 0 Å². The summed E-state index contributed by atoms with van der Waals surface area (Å²) in [5, 5.41) is 15.4. The minimum Gasteiger partial charge on any atom is -0.351 e. The molecule has 0 atom stereocenters. The van der Waals surface area contributed by atoms with Gasteiger partial charge in [-0.15, -0.1) is 119 Å². The number of fused-ring (bicyclic) bond motifs is 9. The molecule has 700 valence electrons. The fourth-order valence-corrected chi connectivity index (χ4v) is 20.0. The molecule has 0 radical (unpaired) electrons. The molecule has 9 aromatic heterocycles. The molecule has 0 N–H and O–H groups in total. The number of para-hydroxylation sites is 8. The van der Waals surface area contributed by atoms with Crippen LogP contribution in [-0.4, -0.2) is 71.5 Å². The number of hydrogen-bond acceptors (Lipinski definition) is 6. The Balaban J connectivity index is 0.000000118. The molecule has 0 aliphatic heterocycles. The maximum absolute atomic E-state index is 4.74. The fraction of sp³-hybridized carbons (Fsp3) is 0.0952. The number of aromatic nitrogens is 15. The van der Waals surface area contributed by atoms with Gasteiger partial charge in [0.1, 0.15) is 0 Å². The zero-order chi connectivity index (χ0) is 96.7. The Morgan fingerprint density at radius 3 is 0.727 bits per heavy atom. The maximum atomic E-state index is 4.74. The quantitative estimate of drug-likeness (QED) is 0.106. The third kappa shape index (κ3) is 20.0. The van der Waals surface area contributed by atoms with E-state index in [0.717, 1.165) is 90.5 Å². The smallest absolute Gasteiger partial charge is 0.351 e. The third-order valence-electron chi connectivity index (χ3n) is 25.5. The molecule has 0 aliphatic rings. The van der Waals surface area contributed by atoms with Gasteiger partial charge in [0.2, 0.25) is 0 Å². The van der Waals surface area contributed by atoms with E-state index < -0.39 is 0 Å². The first-order valence-electron chi connectivity index (χ1n) is 47.3. The molecular weight excluding hydrogens is 2110 g/mol. The van der Waals surface area contributed by atoms with E-state index in [-0.39, 0.29) is 40.2 Å². The van der Waals surface area contributed by atoms with Crippen molar-refractivity contribution in [3.05, 3.63) is 511 Å². The van der Waals surface area contributed by atoms with E-state index in [0.29, 0.717) is 0 Å². The normalized spacial score (nSPS) is 11.0. The maximum Gasteiger partial charge on any atom is 3.00 e. The second-order valence-corrected chi connectivity index (χ2v) is 35.6. The minimum absolute atomic E-state index is 0. The largest absolute Gasteiger partial charge is 3.00 e. The van der Waals surface area contributed by atoms with E-state index >= 15 is 0 Å². The summed E-state index contributed by atoms with van der Waals surface area (Å²) in [6, 6.07) is 135. The summed E-state index contributed by atoms with van der Waals surface area (Å²) < 4.78 is 19.2. The molecule has 0 saturated heterocycles. The summed E-state index contributed by atoms with van der Waals surface area (Å²) >= 11 is 0. The van der Waals surface area contributed by atoms with Crippen LogP contribution in [0.4, 0.5) is 0 Å². The van der Waals surface area contributed by atoms with Crippen molar-refractivity contribution in [2.75, 3.05) is 0 Å². The van der Waals surface area contributed by atoms with Crippen molar-refractivity contribution in [3.63, 3.8) is 0 Å². The first-order chi connectivity index (χ1) is 68.9. The van der Waals surface area contributed by atoms with E-state index in [2.05, 4.69) is 415 Å². The predicted octanol–water partition coefficient (Wildman–Crippen LogP) is 29.7. The second kappa shape index (κ2) is 43.1. The van der Waals surface area contributed by atoms with Gasteiger partial charge < -0.3 is 32.0 Å². The SMILES string of the molecule is Cc1cc(C)c(-n2ccnc2-c2[c-]cc3c(c2)c2ccccc2n3-c2ccccc2)c(C)c1.Cc1cc(C)c(-n2ccnc2-c2[c-]cc3c(c2)c2ccccc2n3-c2ccccc2)c(C)c1.Cc1cc(C)c(-n2ccnc2-c2[c-]cc3c(c2)c2ccccc2n3-c2ccccc2)c(C)c1.Cc1cc(C)c(-n2ccnc2-c2[c-]cccc2)c(C)c1.[Ir+3].[Ir+3].[c-]1ccccc1-n1cccn1.[c-]1ccccc1-n1cccn1. The van der Waals surface area contributed by atoms with Crippen molar-refractivity contribution in [2.45, 2.75) is 83.1 Å². The van der Waals surface area contributed by atoms with Crippen LogP contribution >= 0.6 is 0 Å². The van der Waals surface area contributed by atoms with Crippen molar-refractivity contribution in [1.29, 1.82) is 0 Å². The van der Waals surface area contributed by atoms with Gasteiger partial charge in [-0.1, -0.05) is 196 Å². The first kappa shape index (κ1) is 96.7. The Bertz CT molecular complexity index is 7970. The van der Waals surface area contributed by atoms with Crippen LogP contribution in [0.25, 0.3) is 162 Å². The Labute approximate surface area is 861 Å². The molecule has 0 spiro atoms. The van der Waals surface area contributed by atoms with Gasteiger partial charge in [-0.25, -0.2) is 0 Å². The monoisotopic (exact) mass is 2210 g/mol. The number of rotatable bonds is 13. The molecule has 143 heavy (non-hydrogen) atoms. The Hall–Kier alpha value is -16.5. The summed E-state index contributed by atoms with van der Waals surface area (Å²) in [6.45, 7) is 25.8. The van der Waals surface area contributed by atoms with Crippen molar-refractivity contribution in [2.24, 2.45) is 0 Å². The minimum atomic E-state index is 0. The van der Waals surface area contributed by atoms with Crippen molar-refractivity contribution >= 4 is 65.4 Å². The van der Waals surface area contributed by atoms with Crippen LogP contribution in [0.3, 0.4) is 0 Å². The van der Waals surface area contributed by atoms with Gasteiger partial charge in [0, 0.05) is 131 Å². The third-order valence-corrected chi connectivity index (χ3v) is 25.5. The van der Waals surface area contributed by atoms with Crippen LogP contribution in [0.1, 0.15) is 66.8 Å². The number of aryl methyl sites for hydroxylation is 12. The molecule has 0 bridgehead atoms. The number of benzene rings is 16. The van der Waals surface area contributed by atoms with Crippen molar-refractivity contribution < 1.29 is 40.2 Å². The zero-order valence-corrected chi connectivity index (χ0v) is 86.3. The molecule has 16 aromatic carbocycles. The summed E-state index contributed by atoms with van der Waals surface area (Å²) in [5.74, 6) is 3.65. The van der Waals surface area contributed by atoms with Crippen LogP contribution in [0.5, 0.6) is 0 Å². The van der Waals surface area contributed by atoms with Gasteiger partial charge in [-0.2, -0.15) is 58.7 Å². The van der Waals surface area contributed by atoms with E-state index in [4.69, 9.17) is 15.0 Å². The van der Waals surface area contributed by atoms with Gasteiger partial charge >= 0.3 is 40.2 Å². The van der Waals surface area contributed by atoms with E-state index in [1.165, 1.54) is 138 Å². The Kier molecular flexibility index (Phi) is 29.1. The average Bonchev–Trinajstić information content (AvgIpc) is 1.59. The summed E-state index contributed by atoms with van der Waals surface area (Å²) in [6.07, 6.45) is 22.9. The molecule has 25 aromatic rings. The Morgan fingerprint density at radius 1 is 0.210 bits per heavy atom. The standard InChI is InChI=1S/3C30H24N3.C18H17N2.2C9H7N2.2Ir/c3*1-20-17-21(2)29(22(3)18-20)32-16-15-31-30(32)23-13-14-28-26(19-23)25-11-7-8-12-27(25)33(28)24-9-5-4-6-10-24;1-13-11-14(2)17(15(3)12-13)20-10-9-19-18(20)16-7-5-4-6-8-16;2*1-2-5-9(6-3-1)11-8-4-7-10-11;;/h3*4-12,14-19H,1-3H3;4-7,9-12H,1-3H3;2*1-5,7-8H;;/q6*-1;2*+3. The molecule has 0 saturated carbocycles. The molecule has 15 nitrogen and oxygen atoms in total. The second-order valence-electron chi connectivity index (χ2n) is 35.6. The molecule has 0 aliphatic carbocycles. The van der Waals surface area contributed by atoms with Gasteiger partial charge in [-0.3, -0.25) is 29.3 Å². The predicted molar refractivity (Wildman–Crippen MR) is 576 cm³/mol. The van der Waals surface area contributed by atoms with Gasteiger partial charge in [-0.05, 0) is 238 Å². The summed E-state index contributed by atoms with van der Waals surface area (Å²) in [5.41, 5.74) is 36.3. The molecule has 17 heteroatoms. The first-order valence-corrected chi connectivity index (χ1v) is 47.3. The number of imidazole rings is 4. The molecular formula is C126H103Ir2N15. The fourth-order valence-electron chi connectivity index (χ4n) is 20.0. The van der Waals surface area contributed by atoms with Crippen LogP contribution in [0.2, 0.25) is 0 Å². The molecule has 25 rings (SSSR count).